The van der Waals surface area contributed by atoms with Crippen molar-refractivity contribution in [3.63, 3.8) is 0 Å². The Morgan fingerprint density at radius 3 is 2.64 bits per heavy atom. The second-order valence-electron chi connectivity index (χ2n) is 6.07. The SMILES string of the molecule is COc1ccc([C@H]2NC(=O)NC3=C2C(=O)N(C[C@@H](C)O)C3)cc1OC. The highest BCUT2D eigenvalue weighted by Gasteiger charge is 2.40. The largest absolute Gasteiger partial charge is 0.493 e. The van der Waals surface area contributed by atoms with Gasteiger partial charge in [-0.25, -0.2) is 4.79 Å². The van der Waals surface area contributed by atoms with Crippen molar-refractivity contribution in [1.82, 2.24) is 15.5 Å². The number of carbonyl (C=O) groups is 2. The van der Waals surface area contributed by atoms with Crippen molar-refractivity contribution in [2.45, 2.75) is 19.1 Å². The van der Waals surface area contributed by atoms with Crippen LogP contribution in [0.25, 0.3) is 0 Å². The maximum Gasteiger partial charge on any atom is 0.319 e. The number of hydrogen-bond donors (Lipinski definition) is 3. The normalized spacial score (nSPS) is 20.8. The molecule has 0 spiro atoms. The van der Waals surface area contributed by atoms with Gasteiger partial charge in [0.05, 0.1) is 44.2 Å². The van der Waals surface area contributed by atoms with Crippen molar-refractivity contribution < 1.29 is 24.2 Å². The number of hydrogen-bond acceptors (Lipinski definition) is 5. The fraction of sp³-hybridized carbons (Fsp3) is 0.412. The Kier molecular flexibility index (Phi) is 4.54. The van der Waals surface area contributed by atoms with E-state index in [4.69, 9.17) is 9.47 Å². The summed E-state index contributed by atoms with van der Waals surface area (Å²) in [7, 11) is 3.07. The molecule has 0 aromatic heterocycles. The van der Waals surface area contributed by atoms with E-state index in [1.54, 1.807) is 32.2 Å². The zero-order valence-corrected chi connectivity index (χ0v) is 14.3. The molecule has 0 radical (unpaired) electrons. The van der Waals surface area contributed by atoms with Crippen LogP contribution < -0.4 is 20.1 Å². The smallest absolute Gasteiger partial charge is 0.319 e. The maximum absolute atomic E-state index is 12.8. The summed E-state index contributed by atoms with van der Waals surface area (Å²) in [6.45, 7) is 2.10. The second kappa shape index (κ2) is 6.64. The summed E-state index contributed by atoms with van der Waals surface area (Å²) < 4.78 is 10.5. The van der Waals surface area contributed by atoms with Crippen LogP contribution in [-0.4, -0.2) is 55.4 Å². The summed E-state index contributed by atoms with van der Waals surface area (Å²) in [5.74, 6) is 0.874. The van der Waals surface area contributed by atoms with Crippen molar-refractivity contribution in [3.05, 3.63) is 35.0 Å². The van der Waals surface area contributed by atoms with E-state index in [1.165, 1.54) is 12.0 Å². The Hall–Kier alpha value is -2.74. The molecule has 8 nitrogen and oxygen atoms in total. The third kappa shape index (κ3) is 3.12. The number of nitrogens with zero attached hydrogens (tertiary/aromatic N) is 1. The lowest BCUT2D eigenvalue weighted by atomic mass is 9.96. The first-order valence-corrected chi connectivity index (χ1v) is 7.94. The number of carbonyl (C=O) groups excluding carboxylic acids is 2. The third-order valence-electron chi connectivity index (χ3n) is 4.25. The van der Waals surface area contributed by atoms with Gasteiger partial charge in [0.15, 0.2) is 11.5 Å². The number of aliphatic hydroxyl groups excluding tert-OH is 1. The number of methoxy groups -OCH3 is 2. The highest BCUT2D eigenvalue weighted by atomic mass is 16.5. The monoisotopic (exact) mass is 347 g/mol. The first-order chi connectivity index (χ1) is 11.9. The molecular formula is C17H21N3O5. The van der Waals surface area contributed by atoms with Crippen LogP contribution in [0.15, 0.2) is 29.5 Å². The number of β-amino-alcohol motifs (C(OH)–C–C–N with tert-alkyl or cyclic N) is 1. The van der Waals surface area contributed by atoms with Crippen LogP contribution in [0.5, 0.6) is 11.5 Å². The minimum absolute atomic E-state index is 0.205. The topological polar surface area (TPSA) is 100 Å². The van der Waals surface area contributed by atoms with Crippen molar-refractivity contribution in [1.29, 1.82) is 0 Å². The number of rotatable bonds is 5. The van der Waals surface area contributed by atoms with Gasteiger partial charge in [0.1, 0.15) is 0 Å². The van der Waals surface area contributed by atoms with E-state index in [-0.39, 0.29) is 25.0 Å². The van der Waals surface area contributed by atoms with E-state index in [1.807, 2.05) is 0 Å². The van der Waals surface area contributed by atoms with Gasteiger partial charge in [-0.15, -0.1) is 0 Å². The Morgan fingerprint density at radius 2 is 2.00 bits per heavy atom. The number of ether oxygens (including phenoxy) is 2. The Bertz CT molecular complexity index is 744. The van der Waals surface area contributed by atoms with Crippen molar-refractivity contribution >= 4 is 11.9 Å². The molecule has 2 aliphatic heterocycles. The van der Waals surface area contributed by atoms with Crippen LogP contribution in [0.3, 0.4) is 0 Å². The fourth-order valence-corrected chi connectivity index (χ4v) is 3.18. The molecule has 0 unspecified atom stereocenters. The number of aliphatic hydroxyl groups is 1. The molecule has 0 saturated heterocycles. The molecule has 2 heterocycles. The van der Waals surface area contributed by atoms with Gasteiger partial charge < -0.3 is 30.1 Å². The average Bonchev–Trinajstić information content (AvgIpc) is 2.88. The molecule has 134 valence electrons. The van der Waals surface area contributed by atoms with Gasteiger partial charge >= 0.3 is 6.03 Å². The molecule has 3 rings (SSSR count). The van der Waals surface area contributed by atoms with Crippen molar-refractivity contribution in [2.24, 2.45) is 0 Å². The first kappa shape index (κ1) is 17.1. The minimum Gasteiger partial charge on any atom is -0.493 e. The van der Waals surface area contributed by atoms with E-state index in [9.17, 15) is 14.7 Å². The third-order valence-corrected chi connectivity index (χ3v) is 4.25. The fourth-order valence-electron chi connectivity index (χ4n) is 3.18. The summed E-state index contributed by atoms with van der Waals surface area (Å²) in [4.78, 5) is 26.3. The Labute approximate surface area is 145 Å². The molecule has 0 fully saturated rings. The van der Waals surface area contributed by atoms with Crippen LogP contribution in [0.2, 0.25) is 0 Å². The van der Waals surface area contributed by atoms with Gasteiger partial charge in [-0.1, -0.05) is 6.07 Å². The van der Waals surface area contributed by atoms with Crippen molar-refractivity contribution in [3.8, 4) is 11.5 Å². The standard InChI is InChI=1S/C17H21N3O5/c1-9(21)7-20-8-11-14(16(20)22)15(19-17(23)18-11)10-4-5-12(24-2)13(6-10)25-3/h4-6,9,15,21H,7-8H2,1-3H3,(H2,18,19,23)/t9-,15-/m1/s1. The summed E-state index contributed by atoms with van der Waals surface area (Å²) in [5.41, 5.74) is 1.76. The van der Waals surface area contributed by atoms with Crippen LogP contribution in [0.1, 0.15) is 18.5 Å². The summed E-state index contributed by atoms with van der Waals surface area (Å²) in [6, 6.07) is 4.30. The van der Waals surface area contributed by atoms with Crippen LogP contribution >= 0.6 is 0 Å². The molecule has 3 amide bonds. The predicted molar refractivity (Wildman–Crippen MR) is 89.2 cm³/mol. The summed E-state index contributed by atoms with van der Waals surface area (Å²) >= 11 is 0. The zero-order valence-electron chi connectivity index (χ0n) is 14.3. The molecule has 0 saturated carbocycles. The average molecular weight is 347 g/mol. The van der Waals surface area contributed by atoms with Crippen LogP contribution in [0.4, 0.5) is 4.79 Å². The molecule has 2 aliphatic rings. The van der Waals surface area contributed by atoms with E-state index in [0.29, 0.717) is 28.3 Å². The van der Waals surface area contributed by atoms with Gasteiger partial charge in [-0.3, -0.25) is 4.79 Å². The lowest BCUT2D eigenvalue weighted by Crippen LogP contribution is -2.44. The van der Waals surface area contributed by atoms with E-state index in [2.05, 4.69) is 10.6 Å². The Morgan fingerprint density at radius 1 is 1.28 bits per heavy atom. The molecule has 0 bridgehead atoms. The molecule has 0 aliphatic carbocycles. The molecule has 2 atom stereocenters. The van der Waals surface area contributed by atoms with Crippen LogP contribution in [-0.2, 0) is 4.79 Å². The van der Waals surface area contributed by atoms with Crippen molar-refractivity contribution in [2.75, 3.05) is 27.3 Å². The molecule has 3 N–H and O–H groups in total. The van der Waals surface area contributed by atoms with E-state index >= 15 is 0 Å². The van der Waals surface area contributed by atoms with E-state index < -0.39 is 12.1 Å². The van der Waals surface area contributed by atoms with Gasteiger partial charge in [0, 0.05) is 6.54 Å². The quantitative estimate of drug-likeness (QED) is 0.722. The first-order valence-electron chi connectivity index (χ1n) is 7.94. The lowest BCUT2D eigenvalue weighted by molar-refractivity contribution is -0.126. The number of nitrogens with one attached hydrogen (secondary N) is 2. The van der Waals surface area contributed by atoms with Gasteiger partial charge in [0.2, 0.25) is 0 Å². The lowest BCUT2D eigenvalue weighted by Gasteiger charge is -2.26. The number of urea groups is 1. The Balaban J connectivity index is 1.97. The molecular weight excluding hydrogens is 326 g/mol. The molecule has 1 aromatic rings. The minimum atomic E-state index is -0.645. The maximum atomic E-state index is 12.8. The molecule has 25 heavy (non-hydrogen) atoms. The van der Waals surface area contributed by atoms with Gasteiger partial charge in [-0.2, -0.15) is 0 Å². The zero-order chi connectivity index (χ0) is 18.1. The van der Waals surface area contributed by atoms with Crippen LogP contribution in [0, 0.1) is 0 Å². The van der Waals surface area contributed by atoms with E-state index in [0.717, 1.165) is 0 Å². The number of amides is 3. The van der Waals surface area contributed by atoms with Gasteiger partial charge in [0.25, 0.3) is 5.91 Å². The van der Waals surface area contributed by atoms with Gasteiger partial charge in [-0.05, 0) is 24.6 Å². The summed E-state index contributed by atoms with van der Waals surface area (Å²) in [6.07, 6.45) is -0.645. The highest BCUT2D eigenvalue weighted by molar-refractivity contribution is 6.01. The summed E-state index contributed by atoms with van der Waals surface area (Å²) in [5, 5.41) is 15.1. The predicted octanol–water partition coefficient (Wildman–Crippen LogP) is 0.535. The second-order valence-corrected chi connectivity index (χ2v) is 6.07. The highest BCUT2D eigenvalue weighted by Crippen LogP contribution is 2.36. The number of benzene rings is 1. The molecule has 8 heteroatoms. The molecule has 1 aromatic carbocycles.